The van der Waals surface area contributed by atoms with E-state index in [1.165, 1.54) is 11.1 Å². The topological polar surface area (TPSA) is 41.1 Å². The minimum atomic E-state index is 0.0394. The fraction of sp³-hybridized carbons (Fsp3) is 0.500. The maximum atomic E-state index is 11.6. The Bertz CT molecular complexity index is 388. The minimum absolute atomic E-state index is 0.0394. The Morgan fingerprint density at radius 1 is 1.29 bits per heavy atom. The van der Waals surface area contributed by atoms with Gasteiger partial charge in [0.05, 0.1) is 6.54 Å². The van der Waals surface area contributed by atoms with Gasteiger partial charge in [0, 0.05) is 11.7 Å². The van der Waals surface area contributed by atoms with Crippen LogP contribution in [0, 0.1) is 13.8 Å². The van der Waals surface area contributed by atoms with E-state index in [0.29, 0.717) is 6.54 Å². The minimum Gasteiger partial charge on any atom is -0.376 e. The van der Waals surface area contributed by atoms with Gasteiger partial charge in [-0.1, -0.05) is 13.0 Å². The summed E-state index contributed by atoms with van der Waals surface area (Å²) in [6.45, 7) is 8.54. The molecule has 3 nitrogen and oxygen atoms in total. The Kier molecular flexibility index (Phi) is 5.01. The third kappa shape index (κ3) is 4.47. The zero-order valence-corrected chi connectivity index (χ0v) is 11.1. The lowest BCUT2D eigenvalue weighted by molar-refractivity contribution is -0.120. The predicted octanol–water partition coefficient (Wildman–Crippen LogP) is 2.63. The zero-order chi connectivity index (χ0) is 12.8. The highest BCUT2D eigenvalue weighted by molar-refractivity contribution is 5.80. The number of hydrogen-bond donors (Lipinski definition) is 2. The van der Waals surface area contributed by atoms with Gasteiger partial charge in [0.25, 0.3) is 0 Å². The van der Waals surface area contributed by atoms with E-state index in [2.05, 4.69) is 43.5 Å². The predicted molar refractivity (Wildman–Crippen MR) is 72.3 cm³/mol. The Morgan fingerprint density at radius 3 is 2.59 bits per heavy atom. The van der Waals surface area contributed by atoms with Crippen LogP contribution >= 0.6 is 0 Å². The second-order valence-electron chi connectivity index (χ2n) is 4.53. The van der Waals surface area contributed by atoms with E-state index in [1.54, 1.807) is 0 Å². The SMILES string of the molecule is CCC(C)NC(=O)CNc1ccc(C)c(C)c1. The van der Waals surface area contributed by atoms with Crippen molar-refractivity contribution in [2.24, 2.45) is 0 Å². The summed E-state index contributed by atoms with van der Waals surface area (Å²) in [5.74, 6) is 0.0394. The molecule has 3 heteroatoms. The van der Waals surface area contributed by atoms with Crippen LogP contribution in [-0.2, 0) is 4.79 Å². The molecule has 0 spiro atoms. The van der Waals surface area contributed by atoms with Crippen LogP contribution in [0.4, 0.5) is 5.69 Å². The van der Waals surface area contributed by atoms with Crippen molar-refractivity contribution in [3.8, 4) is 0 Å². The number of carbonyl (C=O) groups excluding carboxylic acids is 1. The fourth-order valence-corrected chi connectivity index (χ4v) is 1.46. The van der Waals surface area contributed by atoms with Crippen molar-refractivity contribution in [3.05, 3.63) is 29.3 Å². The molecule has 0 heterocycles. The van der Waals surface area contributed by atoms with E-state index in [0.717, 1.165) is 12.1 Å². The summed E-state index contributed by atoms with van der Waals surface area (Å²) in [6, 6.07) is 6.36. The van der Waals surface area contributed by atoms with Crippen molar-refractivity contribution < 1.29 is 4.79 Å². The number of carbonyl (C=O) groups is 1. The number of aryl methyl sites for hydroxylation is 2. The van der Waals surface area contributed by atoms with Gasteiger partial charge in [-0.15, -0.1) is 0 Å². The standard InChI is InChI=1S/C14H22N2O/c1-5-12(4)16-14(17)9-15-13-7-6-10(2)11(3)8-13/h6-8,12,15H,5,9H2,1-4H3,(H,16,17). The number of hydrogen-bond acceptors (Lipinski definition) is 2. The van der Waals surface area contributed by atoms with Crippen LogP contribution in [0.25, 0.3) is 0 Å². The van der Waals surface area contributed by atoms with E-state index >= 15 is 0 Å². The van der Waals surface area contributed by atoms with Crippen LogP contribution in [-0.4, -0.2) is 18.5 Å². The second-order valence-corrected chi connectivity index (χ2v) is 4.53. The Labute approximate surface area is 104 Å². The third-order valence-corrected chi connectivity index (χ3v) is 2.98. The lowest BCUT2D eigenvalue weighted by Crippen LogP contribution is -2.36. The van der Waals surface area contributed by atoms with Crippen molar-refractivity contribution >= 4 is 11.6 Å². The van der Waals surface area contributed by atoms with Crippen LogP contribution in [0.5, 0.6) is 0 Å². The molecule has 94 valence electrons. The zero-order valence-electron chi connectivity index (χ0n) is 11.1. The summed E-state index contributed by atoms with van der Waals surface area (Å²) < 4.78 is 0. The molecule has 1 unspecified atom stereocenters. The van der Waals surface area contributed by atoms with Gasteiger partial charge >= 0.3 is 0 Å². The summed E-state index contributed by atoms with van der Waals surface area (Å²) in [7, 11) is 0. The molecule has 2 N–H and O–H groups in total. The average Bonchev–Trinajstić information content (AvgIpc) is 2.30. The van der Waals surface area contributed by atoms with Crippen molar-refractivity contribution in [2.75, 3.05) is 11.9 Å². The lowest BCUT2D eigenvalue weighted by atomic mass is 10.1. The van der Waals surface area contributed by atoms with Crippen LogP contribution < -0.4 is 10.6 Å². The maximum Gasteiger partial charge on any atom is 0.239 e. The van der Waals surface area contributed by atoms with Crippen molar-refractivity contribution in [2.45, 2.75) is 40.2 Å². The van der Waals surface area contributed by atoms with E-state index in [4.69, 9.17) is 0 Å². The van der Waals surface area contributed by atoms with Gasteiger partial charge in [-0.3, -0.25) is 4.79 Å². The molecule has 17 heavy (non-hydrogen) atoms. The smallest absolute Gasteiger partial charge is 0.239 e. The maximum absolute atomic E-state index is 11.6. The molecule has 0 aliphatic carbocycles. The Balaban J connectivity index is 2.45. The normalized spacial score (nSPS) is 12.0. The van der Waals surface area contributed by atoms with Crippen molar-refractivity contribution in [3.63, 3.8) is 0 Å². The molecule has 0 fully saturated rings. The number of anilines is 1. The molecular formula is C14H22N2O. The van der Waals surface area contributed by atoms with Gasteiger partial charge in [-0.25, -0.2) is 0 Å². The Hall–Kier alpha value is -1.51. The summed E-state index contributed by atoms with van der Waals surface area (Å²) in [6.07, 6.45) is 0.954. The van der Waals surface area contributed by atoms with Gasteiger partial charge in [-0.2, -0.15) is 0 Å². The molecule has 1 amide bonds. The highest BCUT2D eigenvalue weighted by Gasteiger charge is 2.05. The van der Waals surface area contributed by atoms with Gasteiger partial charge < -0.3 is 10.6 Å². The highest BCUT2D eigenvalue weighted by Crippen LogP contribution is 2.13. The summed E-state index contributed by atoms with van der Waals surface area (Å²) in [5.41, 5.74) is 3.49. The summed E-state index contributed by atoms with van der Waals surface area (Å²) in [4.78, 5) is 11.6. The monoisotopic (exact) mass is 234 g/mol. The highest BCUT2D eigenvalue weighted by atomic mass is 16.1. The van der Waals surface area contributed by atoms with Gasteiger partial charge in [-0.05, 0) is 50.5 Å². The second kappa shape index (κ2) is 6.28. The average molecular weight is 234 g/mol. The molecule has 0 saturated heterocycles. The van der Waals surface area contributed by atoms with E-state index in [-0.39, 0.29) is 11.9 Å². The fourth-order valence-electron chi connectivity index (χ4n) is 1.46. The van der Waals surface area contributed by atoms with Gasteiger partial charge in [0.1, 0.15) is 0 Å². The molecule has 0 aromatic heterocycles. The molecule has 0 radical (unpaired) electrons. The first-order chi connectivity index (χ1) is 8.02. The van der Waals surface area contributed by atoms with Crippen molar-refractivity contribution in [1.82, 2.24) is 5.32 Å². The Morgan fingerprint density at radius 2 is 2.00 bits per heavy atom. The largest absolute Gasteiger partial charge is 0.376 e. The first kappa shape index (κ1) is 13.6. The summed E-state index contributed by atoms with van der Waals surface area (Å²) >= 11 is 0. The molecule has 1 rings (SSSR count). The molecule has 0 bridgehead atoms. The molecule has 0 saturated carbocycles. The molecule has 1 aromatic rings. The molecule has 1 aromatic carbocycles. The number of rotatable bonds is 5. The van der Waals surface area contributed by atoms with Crippen LogP contribution in [0.2, 0.25) is 0 Å². The first-order valence-corrected chi connectivity index (χ1v) is 6.13. The van der Waals surface area contributed by atoms with Gasteiger partial charge in [0.15, 0.2) is 0 Å². The third-order valence-electron chi connectivity index (χ3n) is 2.98. The lowest BCUT2D eigenvalue weighted by Gasteiger charge is -2.13. The molecule has 0 aliphatic heterocycles. The summed E-state index contributed by atoms with van der Waals surface area (Å²) in [5, 5.41) is 6.05. The van der Waals surface area contributed by atoms with Crippen LogP contribution in [0.1, 0.15) is 31.4 Å². The van der Waals surface area contributed by atoms with Crippen LogP contribution in [0.15, 0.2) is 18.2 Å². The molecular weight excluding hydrogens is 212 g/mol. The van der Waals surface area contributed by atoms with Gasteiger partial charge in [0.2, 0.25) is 5.91 Å². The first-order valence-electron chi connectivity index (χ1n) is 6.13. The number of benzene rings is 1. The van der Waals surface area contributed by atoms with E-state index in [9.17, 15) is 4.79 Å². The number of amides is 1. The quantitative estimate of drug-likeness (QED) is 0.822. The van der Waals surface area contributed by atoms with Crippen molar-refractivity contribution in [1.29, 1.82) is 0 Å². The molecule has 1 atom stereocenters. The van der Waals surface area contributed by atoms with E-state index < -0.39 is 0 Å². The number of nitrogens with one attached hydrogen (secondary N) is 2. The van der Waals surface area contributed by atoms with E-state index in [1.807, 2.05) is 13.0 Å². The molecule has 0 aliphatic rings. The van der Waals surface area contributed by atoms with Crippen LogP contribution in [0.3, 0.4) is 0 Å².